The van der Waals surface area contributed by atoms with Gasteiger partial charge >= 0.3 is 0 Å². The summed E-state index contributed by atoms with van der Waals surface area (Å²) in [6.45, 7) is 9.07. The van der Waals surface area contributed by atoms with Crippen molar-refractivity contribution in [3.05, 3.63) is 12.2 Å². The normalized spacial score (nSPS) is 12.2. The standard InChI is InChI=1S/C13H26/c1-12(2)10-8-6-5-7-9-11-13(3)4/h8,10,12-13H,5-7,9,11H2,1-4H3/b10-8+. The molecule has 0 bridgehead atoms. The van der Waals surface area contributed by atoms with Crippen LogP contribution in [0.4, 0.5) is 0 Å². The van der Waals surface area contributed by atoms with Gasteiger partial charge in [0.05, 0.1) is 0 Å². The number of unbranched alkanes of at least 4 members (excludes halogenated alkanes) is 3. The zero-order valence-corrected chi connectivity index (χ0v) is 9.84. The van der Waals surface area contributed by atoms with Gasteiger partial charge in [-0.25, -0.2) is 0 Å². The molecule has 78 valence electrons. The Labute approximate surface area is 84.4 Å². The zero-order chi connectivity index (χ0) is 10.1. The minimum Gasteiger partial charge on any atom is -0.0883 e. The molecule has 0 nitrogen and oxygen atoms in total. The molecule has 0 heteroatoms. The molecule has 0 aromatic carbocycles. The average Bonchev–Trinajstić information content (AvgIpc) is 2.01. The summed E-state index contributed by atoms with van der Waals surface area (Å²) < 4.78 is 0. The van der Waals surface area contributed by atoms with Gasteiger partial charge in [-0.3, -0.25) is 0 Å². The smallest absolute Gasteiger partial charge is 0.0290 e. The molecular formula is C13H26. The molecule has 0 fully saturated rings. The molecule has 13 heavy (non-hydrogen) atoms. The Bertz CT molecular complexity index is 120. The van der Waals surface area contributed by atoms with Gasteiger partial charge < -0.3 is 0 Å². The Kier molecular flexibility index (Phi) is 8.18. The lowest BCUT2D eigenvalue weighted by Crippen LogP contribution is -1.86. The van der Waals surface area contributed by atoms with Crippen molar-refractivity contribution in [3.8, 4) is 0 Å². The topological polar surface area (TPSA) is 0 Å². The first-order valence-corrected chi connectivity index (χ1v) is 5.79. The van der Waals surface area contributed by atoms with E-state index in [0.29, 0.717) is 0 Å². The third kappa shape index (κ3) is 11.7. The Hall–Kier alpha value is -0.260. The van der Waals surface area contributed by atoms with Gasteiger partial charge in [-0.1, -0.05) is 59.1 Å². The molecule has 0 saturated carbocycles. The van der Waals surface area contributed by atoms with E-state index in [1.807, 2.05) is 0 Å². The zero-order valence-electron chi connectivity index (χ0n) is 9.84. The summed E-state index contributed by atoms with van der Waals surface area (Å²) in [5.74, 6) is 1.60. The van der Waals surface area contributed by atoms with Crippen LogP contribution in [0.15, 0.2) is 12.2 Å². The maximum atomic E-state index is 2.33. The van der Waals surface area contributed by atoms with Crippen LogP contribution in [0.1, 0.15) is 59.8 Å². The molecule has 0 unspecified atom stereocenters. The highest BCUT2D eigenvalue weighted by atomic mass is 14.0. The van der Waals surface area contributed by atoms with Crippen LogP contribution in [0, 0.1) is 11.8 Å². The molecule has 0 heterocycles. The van der Waals surface area contributed by atoms with Crippen molar-refractivity contribution >= 4 is 0 Å². The van der Waals surface area contributed by atoms with E-state index in [1.54, 1.807) is 0 Å². The predicted octanol–water partition coefficient (Wildman–Crippen LogP) is 4.81. The second-order valence-corrected chi connectivity index (χ2v) is 4.70. The lowest BCUT2D eigenvalue weighted by molar-refractivity contribution is 0.528. The van der Waals surface area contributed by atoms with Crippen LogP contribution in [0.25, 0.3) is 0 Å². The quantitative estimate of drug-likeness (QED) is 0.392. The van der Waals surface area contributed by atoms with Crippen LogP contribution < -0.4 is 0 Å². The lowest BCUT2D eigenvalue weighted by Gasteiger charge is -2.02. The minimum atomic E-state index is 0.718. The van der Waals surface area contributed by atoms with Gasteiger partial charge in [0.1, 0.15) is 0 Å². The van der Waals surface area contributed by atoms with E-state index in [-0.39, 0.29) is 0 Å². The number of rotatable bonds is 7. The van der Waals surface area contributed by atoms with Crippen LogP contribution in [-0.4, -0.2) is 0 Å². The largest absolute Gasteiger partial charge is 0.0883 e. The van der Waals surface area contributed by atoms with Gasteiger partial charge in [-0.15, -0.1) is 0 Å². The molecule has 0 amide bonds. The van der Waals surface area contributed by atoms with Crippen LogP contribution in [-0.2, 0) is 0 Å². The van der Waals surface area contributed by atoms with Gasteiger partial charge in [-0.05, 0) is 24.7 Å². The molecular weight excluding hydrogens is 156 g/mol. The van der Waals surface area contributed by atoms with Crippen molar-refractivity contribution in [1.82, 2.24) is 0 Å². The molecule has 0 atom stereocenters. The van der Waals surface area contributed by atoms with Crippen molar-refractivity contribution in [2.75, 3.05) is 0 Å². The van der Waals surface area contributed by atoms with Crippen molar-refractivity contribution in [1.29, 1.82) is 0 Å². The first-order chi connectivity index (χ1) is 6.13. The summed E-state index contributed by atoms with van der Waals surface area (Å²) in [6.07, 6.45) is 11.5. The number of hydrogen-bond donors (Lipinski definition) is 0. The SMILES string of the molecule is CC(C)/C=C/CCCCCC(C)C. The van der Waals surface area contributed by atoms with Crippen LogP contribution >= 0.6 is 0 Å². The highest BCUT2D eigenvalue weighted by Gasteiger charge is 1.93. The third-order valence-electron chi connectivity index (χ3n) is 2.17. The molecule has 0 radical (unpaired) electrons. The van der Waals surface area contributed by atoms with Crippen LogP contribution in [0.5, 0.6) is 0 Å². The maximum Gasteiger partial charge on any atom is -0.0290 e. The van der Waals surface area contributed by atoms with Gasteiger partial charge in [0.25, 0.3) is 0 Å². The lowest BCUT2D eigenvalue weighted by atomic mass is 10.0. The first-order valence-electron chi connectivity index (χ1n) is 5.79. The Balaban J connectivity index is 3.08. The van der Waals surface area contributed by atoms with E-state index in [2.05, 4.69) is 39.8 Å². The first kappa shape index (κ1) is 12.7. The van der Waals surface area contributed by atoms with E-state index in [1.165, 1.54) is 32.1 Å². The van der Waals surface area contributed by atoms with Crippen molar-refractivity contribution in [2.45, 2.75) is 59.8 Å². The highest BCUT2D eigenvalue weighted by Crippen LogP contribution is 2.09. The van der Waals surface area contributed by atoms with Gasteiger partial charge in [0.15, 0.2) is 0 Å². The second-order valence-electron chi connectivity index (χ2n) is 4.70. The molecule has 0 aliphatic heterocycles. The highest BCUT2D eigenvalue weighted by molar-refractivity contribution is 4.83. The van der Waals surface area contributed by atoms with E-state index in [9.17, 15) is 0 Å². The summed E-state index contributed by atoms with van der Waals surface area (Å²) >= 11 is 0. The summed E-state index contributed by atoms with van der Waals surface area (Å²) in [5.41, 5.74) is 0. The molecule has 0 aromatic heterocycles. The monoisotopic (exact) mass is 182 g/mol. The summed E-state index contributed by atoms with van der Waals surface area (Å²) in [4.78, 5) is 0. The van der Waals surface area contributed by atoms with Crippen LogP contribution in [0.3, 0.4) is 0 Å². The molecule has 0 rings (SSSR count). The van der Waals surface area contributed by atoms with E-state index < -0.39 is 0 Å². The Morgan fingerprint density at radius 3 is 2.15 bits per heavy atom. The maximum absolute atomic E-state index is 2.33. The van der Waals surface area contributed by atoms with E-state index in [4.69, 9.17) is 0 Å². The molecule has 0 aliphatic carbocycles. The molecule has 0 N–H and O–H groups in total. The minimum absolute atomic E-state index is 0.718. The van der Waals surface area contributed by atoms with Crippen molar-refractivity contribution in [3.63, 3.8) is 0 Å². The molecule has 0 saturated heterocycles. The number of hydrogen-bond acceptors (Lipinski definition) is 0. The molecule has 0 aromatic rings. The Morgan fingerprint density at radius 2 is 1.62 bits per heavy atom. The summed E-state index contributed by atoms with van der Waals surface area (Å²) in [7, 11) is 0. The fourth-order valence-corrected chi connectivity index (χ4v) is 1.36. The average molecular weight is 182 g/mol. The van der Waals surface area contributed by atoms with Gasteiger partial charge in [-0.2, -0.15) is 0 Å². The fraction of sp³-hybridized carbons (Fsp3) is 0.846. The van der Waals surface area contributed by atoms with E-state index >= 15 is 0 Å². The third-order valence-corrected chi connectivity index (χ3v) is 2.17. The van der Waals surface area contributed by atoms with Crippen molar-refractivity contribution in [2.24, 2.45) is 11.8 Å². The fourth-order valence-electron chi connectivity index (χ4n) is 1.36. The summed E-state index contributed by atoms with van der Waals surface area (Å²) in [6, 6.07) is 0. The molecule has 0 spiro atoms. The molecule has 0 aliphatic rings. The van der Waals surface area contributed by atoms with Crippen molar-refractivity contribution < 1.29 is 0 Å². The predicted molar refractivity (Wildman–Crippen MR) is 61.9 cm³/mol. The summed E-state index contributed by atoms with van der Waals surface area (Å²) in [5, 5.41) is 0. The number of allylic oxidation sites excluding steroid dienone is 2. The van der Waals surface area contributed by atoms with Crippen LogP contribution in [0.2, 0.25) is 0 Å². The van der Waals surface area contributed by atoms with E-state index in [0.717, 1.165) is 11.8 Å². The second kappa shape index (κ2) is 8.34. The Morgan fingerprint density at radius 1 is 0.923 bits per heavy atom. The van der Waals surface area contributed by atoms with Gasteiger partial charge in [0, 0.05) is 0 Å². The van der Waals surface area contributed by atoms with Gasteiger partial charge in [0.2, 0.25) is 0 Å².